The Balaban J connectivity index is 2.71. The lowest BCUT2D eigenvalue weighted by Crippen LogP contribution is -2.40. The van der Waals surface area contributed by atoms with E-state index in [2.05, 4.69) is 10.3 Å². The molecule has 8 heteroatoms. The van der Waals surface area contributed by atoms with Gasteiger partial charge in [0.2, 0.25) is 0 Å². The topological polar surface area (TPSA) is 114 Å². The molecule has 1 rings (SSSR count). The van der Waals surface area contributed by atoms with Crippen LogP contribution in [-0.4, -0.2) is 26.0 Å². The average Bonchev–Trinajstić information content (AvgIpc) is 2.29. The summed E-state index contributed by atoms with van der Waals surface area (Å²) in [4.78, 5) is 14.8. The minimum Gasteiger partial charge on any atom is -0.383 e. The van der Waals surface area contributed by atoms with Crippen molar-refractivity contribution in [1.82, 2.24) is 15.0 Å². The quantitative estimate of drug-likeness (QED) is 0.673. The number of carbonyl (C=O) groups excluding carboxylic acids is 1. The van der Waals surface area contributed by atoms with Crippen LogP contribution in [0, 0.1) is 0 Å². The van der Waals surface area contributed by atoms with Gasteiger partial charge in [0.25, 0.3) is 10.0 Å². The maximum absolute atomic E-state index is 11.8. The van der Waals surface area contributed by atoms with Gasteiger partial charge >= 0.3 is 6.03 Å². The van der Waals surface area contributed by atoms with Crippen LogP contribution in [0.2, 0.25) is 0 Å². The molecule has 0 bridgehead atoms. The van der Waals surface area contributed by atoms with E-state index in [-0.39, 0.29) is 10.7 Å². The first-order valence-electron chi connectivity index (χ1n) is 5.48. The Morgan fingerprint density at radius 2 is 2.22 bits per heavy atom. The number of pyridine rings is 1. The molecular formula is C10H16N4O3S. The fourth-order valence-electron chi connectivity index (χ4n) is 1.22. The lowest BCUT2D eigenvalue weighted by Gasteiger charge is -2.09. The second-order valence-electron chi connectivity index (χ2n) is 3.60. The number of hydrogen-bond donors (Lipinski definition) is 3. The number of rotatable bonds is 5. The van der Waals surface area contributed by atoms with Crippen molar-refractivity contribution < 1.29 is 13.2 Å². The summed E-state index contributed by atoms with van der Waals surface area (Å²) in [5.74, 6) is -0.147. The Hall–Kier alpha value is -1.83. The number of sulfonamides is 1. The van der Waals surface area contributed by atoms with Crippen molar-refractivity contribution >= 4 is 21.9 Å². The average molecular weight is 272 g/mol. The van der Waals surface area contributed by atoms with E-state index in [0.29, 0.717) is 6.54 Å². The normalized spacial score (nSPS) is 10.9. The summed E-state index contributed by atoms with van der Waals surface area (Å²) < 4.78 is 25.5. The van der Waals surface area contributed by atoms with E-state index in [1.807, 2.05) is 11.6 Å². The maximum atomic E-state index is 11.8. The minimum atomic E-state index is -3.98. The summed E-state index contributed by atoms with van der Waals surface area (Å²) in [5, 5.41) is 2.44. The Kier molecular flexibility index (Phi) is 4.90. The molecule has 100 valence electrons. The number of unbranched alkanes of at least 4 members (excludes halogenated alkanes) is 1. The van der Waals surface area contributed by atoms with E-state index in [1.165, 1.54) is 18.3 Å². The van der Waals surface area contributed by atoms with E-state index in [1.54, 1.807) is 0 Å². The van der Waals surface area contributed by atoms with Crippen LogP contribution in [0.4, 0.5) is 10.6 Å². The number of urea groups is 1. The van der Waals surface area contributed by atoms with Gasteiger partial charge in [-0.05, 0) is 18.6 Å². The lowest BCUT2D eigenvalue weighted by molar-refractivity contribution is 0.245. The second-order valence-corrected chi connectivity index (χ2v) is 5.25. The van der Waals surface area contributed by atoms with Crippen LogP contribution in [0.3, 0.4) is 0 Å². The molecule has 2 amide bonds. The molecule has 0 aliphatic carbocycles. The molecule has 0 unspecified atom stereocenters. The van der Waals surface area contributed by atoms with Crippen LogP contribution < -0.4 is 15.8 Å². The zero-order valence-corrected chi connectivity index (χ0v) is 10.8. The maximum Gasteiger partial charge on any atom is 0.328 e. The van der Waals surface area contributed by atoms with Gasteiger partial charge in [-0.25, -0.2) is 22.9 Å². The summed E-state index contributed by atoms with van der Waals surface area (Å²) in [5.41, 5.74) is 5.44. The van der Waals surface area contributed by atoms with E-state index < -0.39 is 16.1 Å². The molecule has 0 saturated carbocycles. The molecule has 0 fully saturated rings. The molecule has 4 N–H and O–H groups in total. The molecule has 0 spiro atoms. The van der Waals surface area contributed by atoms with Crippen LogP contribution in [0.5, 0.6) is 0 Å². The van der Waals surface area contributed by atoms with Gasteiger partial charge in [0.15, 0.2) is 0 Å². The Bertz CT molecular complexity index is 516. The van der Waals surface area contributed by atoms with Crippen LogP contribution in [0.15, 0.2) is 23.2 Å². The van der Waals surface area contributed by atoms with Gasteiger partial charge in [0.05, 0.1) is 0 Å². The third-order valence-corrected chi connectivity index (χ3v) is 3.51. The zero-order chi connectivity index (χ0) is 13.6. The third-order valence-electron chi connectivity index (χ3n) is 2.13. The Morgan fingerprint density at radius 1 is 1.50 bits per heavy atom. The lowest BCUT2D eigenvalue weighted by atomic mass is 10.3. The molecular weight excluding hydrogens is 256 g/mol. The first kappa shape index (κ1) is 14.2. The van der Waals surface area contributed by atoms with E-state index in [9.17, 15) is 13.2 Å². The molecule has 0 aliphatic heterocycles. The van der Waals surface area contributed by atoms with E-state index in [4.69, 9.17) is 5.73 Å². The molecule has 0 aromatic carbocycles. The van der Waals surface area contributed by atoms with Gasteiger partial charge in [-0.15, -0.1) is 0 Å². The van der Waals surface area contributed by atoms with Crippen LogP contribution in [-0.2, 0) is 10.0 Å². The molecule has 18 heavy (non-hydrogen) atoms. The molecule has 0 radical (unpaired) electrons. The van der Waals surface area contributed by atoms with Gasteiger partial charge in [0.1, 0.15) is 10.7 Å². The molecule has 0 atom stereocenters. The number of nitrogens with zero attached hydrogens (tertiary/aromatic N) is 1. The molecule has 0 saturated heterocycles. The first-order chi connectivity index (χ1) is 8.47. The summed E-state index contributed by atoms with van der Waals surface area (Å²) in [7, 11) is -3.98. The minimum absolute atomic E-state index is 0.147. The molecule has 1 aromatic rings. The van der Waals surface area contributed by atoms with Crippen molar-refractivity contribution in [2.75, 3.05) is 12.3 Å². The molecule has 0 aliphatic rings. The predicted molar refractivity (Wildman–Crippen MR) is 67.3 cm³/mol. The number of carbonyl (C=O) groups is 1. The molecule has 7 nitrogen and oxygen atoms in total. The van der Waals surface area contributed by atoms with Crippen LogP contribution >= 0.6 is 0 Å². The Morgan fingerprint density at radius 3 is 2.83 bits per heavy atom. The first-order valence-corrected chi connectivity index (χ1v) is 6.97. The van der Waals surface area contributed by atoms with Gasteiger partial charge in [-0.1, -0.05) is 13.3 Å². The highest BCUT2D eigenvalue weighted by molar-refractivity contribution is 7.90. The fraction of sp³-hybridized carbons (Fsp3) is 0.400. The van der Waals surface area contributed by atoms with Crippen molar-refractivity contribution in [3.8, 4) is 0 Å². The SMILES string of the molecule is CCCCNC(=O)NS(=O)(=O)c1cccnc1N. The number of nitrogens with two attached hydrogens (primary N) is 1. The van der Waals surface area contributed by atoms with Gasteiger partial charge in [0, 0.05) is 12.7 Å². The highest BCUT2D eigenvalue weighted by atomic mass is 32.2. The van der Waals surface area contributed by atoms with Crippen molar-refractivity contribution in [2.45, 2.75) is 24.7 Å². The van der Waals surface area contributed by atoms with Crippen molar-refractivity contribution in [1.29, 1.82) is 0 Å². The highest BCUT2D eigenvalue weighted by Crippen LogP contribution is 2.13. The number of anilines is 1. The molecule has 1 aromatic heterocycles. The van der Waals surface area contributed by atoms with E-state index in [0.717, 1.165) is 12.8 Å². The van der Waals surface area contributed by atoms with Gasteiger partial charge < -0.3 is 11.1 Å². The largest absolute Gasteiger partial charge is 0.383 e. The number of hydrogen-bond acceptors (Lipinski definition) is 5. The Labute approximate surface area is 106 Å². The molecule has 1 heterocycles. The summed E-state index contributed by atoms with van der Waals surface area (Å²) in [6.07, 6.45) is 3.06. The fourth-order valence-corrected chi connectivity index (χ4v) is 2.23. The van der Waals surface area contributed by atoms with Gasteiger partial charge in [-0.3, -0.25) is 0 Å². The predicted octanol–water partition coefficient (Wildman–Crippen LogP) is 0.452. The standard InChI is InChI=1S/C10H16N4O3S/c1-2-3-6-13-10(15)14-18(16,17)8-5-4-7-12-9(8)11/h4-5,7H,2-3,6H2,1H3,(H2,11,12)(H2,13,14,15). The van der Waals surface area contributed by atoms with E-state index >= 15 is 0 Å². The second kappa shape index (κ2) is 6.20. The summed E-state index contributed by atoms with van der Waals surface area (Å²) in [6.45, 7) is 2.38. The summed E-state index contributed by atoms with van der Waals surface area (Å²) in [6, 6.07) is 1.94. The zero-order valence-electron chi connectivity index (χ0n) is 10.0. The van der Waals surface area contributed by atoms with Crippen LogP contribution in [0.1, 0.15) is 19.8 Å². The smallest absolute Gasteiger partial charge is 0.328 e. The monoisotopic (exact) mass is 272 g/mol. The number of aromatic nitrogens is 1. The van der Waals surface area contributed by atoms with Gasteiger partial charge in [-0.2, -0.15) is 0 Å². The number of amides is 2. The number of nitrogen functional groups attached to an aromatic ring is 1. The summed E-state index contributed by atoms with van der Waals surface area (Å²) >= 11 is 0. The van der Waals surface area contributed by atoms with Crippen molar-refractivity contribution in [3.63, 3.8) is 0 Å². The third kappa shape index (κ3) is 3.88. The highest BCUT2D eigenvalue weighted by Gasteiger charge is 2.20. The van der Waals surface area contributed by atoms with Crippen molar-refractivity contribution in [2.24, 2.45) is 0 Å². The van der Waals surface area contributed by atoms with Crippen molar-refractivity contribution in [3.05, 3.63) is 18.3 Å². The van der Waals surface area contributed by atoms with Crippen LogP contribution in [0.25, 0.3) is 0 Å². The number of nitrogens with one attached hydrogen (secondary N) is 2.